The quantitative estimate of drug-likeness (QED) is 0.758. The highest BCUT2D eigenvalue weighted by molar-refractivity contribution is 5.91. The van der Waals surface area contributed by atoms with Gasteiger partial charge in [-0.2, -0.15) is 0 Å². The minimum absolute atomic E-state index is 0.0611. The highest BCUT2D eigenvalue weighted by Gasteiger charge is 2.22. The van der Waals surface area contributed by atoms with E-state index in [1.165, 1.54) is 12.5 Å². The number of hydrogen-bond donors (Lipinski definition) is 2. The van der Waals surface area contributed by atoms with Crippen molar-refractivity contribution in [2.75, 3.05) is 20.1 Å². The molecule has 0 fully saturated rings. The number of aromatic amines is 1. The molecule has 0 aliphatic carbocycles. The van der Waals surface area contributed by atoms with E-state index in [1.807, 2.05) is 13.8 Å². The van der Waals surface area contributed by atoms with E-state index < -0.39 is 0 Å². The van der Waals surface area contributed by atoms with E-state index in [1.54, 1.807) is 11.9 Å². The Balaban J connectivity index is 2.62. The highest BCUT2D eigenvalue weighted by Crippen LogP contribution is 2.14. The lowest BCUT2D eigenvalue weighted by molar-refractivity contribution is 0.0735. The molecule has 5 heteroatoms. The molecule has 0 bridgehead atoms. The summed E-state index contributed by atoms with van der Waals surface area (Å²) >= 11 is 0. The monoisotopic (exact) mass is 210 g/mol. The van der Waals surface area contributed by atoms with Gasteiger partial charge in [0.25, 0.3) is 5.91 Å². The third-order valence-electron chi connectivity index (χ3n) is 2.29. The zero-order valence-electron chi connectivity index (χ0n) is 9.45. The van der Waals surface area contributed by atoms with Gasteiger partial charge in [0.2, 0.25) is 0 Å². The van der Waals surface area contributed by atoms with Crippen LogP contribution in [0.25, 0.3) is 0 Å². The van der Waals surface area contributed by atoms with Gasteiger partial charge in [-0.1, -0.05) is 13.8 Å². The smallest absolute Gasteiger partial charge is 0.271 e. The lowest BCUT2D eigenvalue weighted by atomic mass is 9.93. The summed E-state index contributed by atoms with van der Waals surface area (Å²) in [7, 11) is 1.76. The van der Waals surface area contributed by atoms with E-state index in [9.17, 15) is 4.79 Å². The van der Waals surface area contributed by atoms with Gasteiger partial charge in [0.05, 0.1) is 12.5 Å². The fraction of sp³-hybridized carbons (Fsp3) is 0.600. The summed E-state index contributed by atoms with van der Waals surface area (Å²) in [6.07, 6.45) is 3.02. The zero-order chi connectivity index (χ0) is 11.5. The van der Waals surface area contributed by atoms with Gasteiger partial charge in [0, 0.05) is 13.6 Å². The first-order chi connectivity index (χ1) is 6.96. The van der Waals surface area contributed by atoms with E-state index in [-0.39, 0.29) is 11.3 Å². The van der Waals surface area contributed by atoms with Crippen molar-refractivity contribution in [2.24, 2.45) is 11.1 Å². The number of imidazole rings is 1. The summed E-state index contributed by atoms with van der Waals surface area (Å²) in [5, 5.41) is 0. The van der Waals surface area contributed by atoms with Crippen LogP contribution in [0.5, 0.6) is 0 Å². The number of amides is 1. The van der Waals surface area contributed by atoms with Crippen molar-refractivity contribution in [2.45, 2.75) is 13.8 Å². The Morgan fingerprint density at radius 1 is 1.67 bits per heavy atom. The Labute approximate surface area is 89.7 Å². The third-order valence-corrected chi connectivity index (χ3v) is 2.29. The maximum atomic E-state index is 11.8. The molecule has 0 aromatic carbocycles. The van der Waals surface area contributed by atoms with Gasteiger partial charge in [0.1, 0.15) is 5.69 Å². The van der Waals surface area contributed by atoms with Gasteiger partial charge in [-0.05, 0) is 12.0 Å². The molecule has 1 amide bonds. The average Bonchev–Trinajstić information content (AvgIpc) is 2.68. The van der Waals surface area contributed by atoms with Crippen molar-refractivity contribution in [1.82, 2.24) is 14.9 Å². The van der Waals surface area contributed by atoms with Gasteiger partial charge in [-0.3, -0.25) is 4.79 Å². The molecule has 1 rings (SSSR count). The molecule has 3 N–H and O–H groups in total. The standard InChI is InChI=1S/C10H18N4O/c1-10(2,5-11)6-14(3)9(15)8-4-12-7-13-8/h4,7H,5-6,11H2,1-3H3,(H,12,13). The topological polar surface area (TPSA) is 75.0 Å². The Kier molecular flexibility index (Phi) is 3.47. The Morgan fingerprint density at radius 3 is 2.80 bits per heavy atom. The summed E-state index contributed by atoms with van der Waals surface area (Å²) in [6, 6.07) is 0. The molecule has 1 aromatic rings. The van der Waals surface area contributed by atoms with Gasteiger partial charge >= 0.3 is 0 Å². The molecule has 0 saturated carbocycles. The van der Waals surface area contributed by atoms with Crippen LogP contribution < -0.4 is 5.73 Å². The van der Waals surface area contributed by atoms with Gasteiger partial charge < -0.3 is 15.6 Å². The maximum Gasteiger partial charge on any atom is 0.271 e. The van der Waals surface area contributed by atoms with E-state index in [4.69, 9.17) is 5.73 Å². The van der Waals surface area contributed by atoms with Crippen molar-refractivity contribution in [3.8, 4) is 0 Å². The number of nitrogens with two attached hydrogens (primary N) is 1. The normalized spacial score (nSPS) is 11.5. The minimum atomic E-state index is -0.0650. The van der Waals surface area contributed by atoms with Crippen molar-refractivity contribution >= 4 is 5.91 Å². The Morgan fingerprint density at radius 2 is 2.33 bits per heavy atom. The highest BCUT2D eigenvalue weighted by atomic mass is 16.2. The zero-order valence-corrected chi connectivity index (χ0v) is 9.45. The molecule has 15 heavy (non-hydrogen) atoms. The molecule has 0 atom stereocenters. The van der Waals surface area contributed by atoms with Crippen LogP contribution in [0.3, 0.4) is 0 Å². The second kappa shape index (κ2) is 4.44. The largest absolute Gasteiger partial charge is 0.341 e. The summed E-state index contributed by atoms with van der Waals surface area (Å²) < 4.78 is 0. The van der Waals surface area contributed by atoms with E-state index >= 15 is 0 Å². The molecular weight excluding hydrogens is 192 g/mol. The van der Waals surface area contributed by atoms with Gasteiger partial charge in [-0.25, -0.2) is 4.98 Å². The fourth-order valence-corrected chi connectivity index (χ4v) is 1.36. The predicted octanol–water partition coefficient (Wildman–Crippen LogP) is 0.467. The first-order valence-corrected chi connectivity index (χ1v) is 4.90. The van der Waals surface area contributed by atoms with Crippen LogP contribution >= 0.6 is 0 Å². The maximum absolute atomic E-state index is 11.8. The molecule has 0 aliphatic rings. The summed E-state index contributed by atoms with van der Waals surface area (Å²) in [4.78, 5) is 20.1. The molecular formula is C10H18N4O. The van der Waals surface area contributed by atoms with Crippen LogP contribution in [0.1, 0.15) is 24.3 Å². The SMILES string of the molecule is CN(CC(C)(C)CN)C(=O)c1cnc[nH]1. The lowest BCUT2D eigenvalue weighted by Crippen LogP contribution is -2.39. The summed E-state index contributed by atoms with van der Waals surface area (Å²) in [5.74, 6) is -0.0611. The average molecular weight is 210 g/mol. The van der Waals surface area contributed by atoms with Crippen LogP contribution in [0, 0.1) is 5.41 Å². The van der Waals surface area contributed by atoms with Crippen LogP contribution in [0.2, 0.25) is 0 Å². The third kappa shape index (κ3) is 3.06. The molecule has 1 heterocycles. The summed E-state index contributed by atoms with van der Waals surface area (Å²) in [6.45, 7) is 5.24. The van der Waals surface area contributed by atoms with Crippen molar-refractivity contribution in [3.05, 3.63) is 18.2 Å². The van der Waals surface area contributed by atoms with E-state index in [0.29, 0.717) is 18.8 Å². The first kappa shape index (κ1) is 11.7. The van der Waals surface area contributed by atoms with E-state index in [0.717, 1.165) is 0 Å². The van der Waals surface area contributed by atoms with Gasteiger partial charge in [0.15, 0.2) is 0 Å². The second-order valence-corrected chi connectivity index (χ2v) is 4.49. The molecule has 0 aliphatic heterocycles. The molecule has 84 valence electrons. The number of rotatable bonds is 4. The molecule has 0 saturated heterocycles. The molecule has 1 aromatic heterocycles. The summed E-state index contributed by atoms with van der Waals surface area (Å²) in [5.41, 5.74) is 6.06. The Bertz CT molecular complexity index is 318. The minimum Gasteiger partial charge on any atom is -0.341 e. The first-order valence-electron chi connectivity index (χ1n) is 4.90. The fourth-order valence-electron chi connectivity index (χ4n) is 1.36. The number of carbonyl (C=O) groups is 1. The lowest BCUT2D eigenvalue weighted by Gasteiger charge is -2.28. The predicted molar refractivity (Wildman–Crippen MR) is 58.4 cm³/mol. The van der Waals surface area contributed by atoms with Crippen LogP contribution in [0.4, 0.5) is 0 Å². The number of carbonyl (C=O) groups excluding carboxylic acids is 1. The number of nitrogens with zero attached hydrogens (tertiary/aromatic N) is 2. The van der Waals surface area contributed by atoms with Crippen molar-refractivity contribution in [1.29, 1.82) is 0 Å². The number of aromatic nitrogens is 2. The molecule has 0 spiro atoms. The van der Waals surface area contributed by atoms with E-state index in [2.05, 4.69) is 9.97 Å². The van der Waals surface area contributed by atoms with Gasteiger partial charge in [-0.15, -0.1) is 0 Å². The molecule has 0 unspecified atom stereocenters. The number of H-pyrrole nitrogens is 1. The number of hydrogen-bond acceptors (Lipinski definition) is 3. The van der Waals surface area contributed by atoms with Crippen LogP contribution in [0.15, 0.2) is 12.5 Å². The van der Waals surface area contributed by atoms with Crippen LogP contribution in [-0.2, 0) is 0 Å². The molecule has 5 nitrogen and oxygen atoms in total. The van der Waals surface area contributed by atoms with Crippen molar-refractivity contribution in [3.63, 3.8) is 0 Å². The van der Waals surface area contributed by atoms with Crippen molar-refractivity contribution < 1.29 is 4.79 Å². The van der Waals surface area contributed by atoms with Crippen LogP contribution in [-0.4, -0.2) is 40.9 Å². The second-order valence-electron chi connectivity index (χ2n) is 4.49. The Hall–Kier alpha value is -1.36. The molecule has 0 radical (unpaired) electrons. The number of nitrogens with one attached hydrogen (secondary N) is 1.